The summed E-state index contributed by atoms with van der Waals surface area (Å²) in [6.45, 7) is 5.58. The molecule has 0 amide bonds. The van der Waals surface area contributed by atoms with E-state index in [1.807, 2.05) is 6.07 Å². The van der Waals surface area contributed by atoms with Gasteiger partial charge in [0.2, 0.25) is 0 Å². The zero-order chi connectivity index (χ0) is 15.4. The number of benzene rings is 1. The smallest absolute Gasteiger partial charge is 0.269 e. The van der Waals surface area contributed by atoms with Crippen LogP contribution in [-0.2, 0) is 4.74 Å². The van der Waals surface area contributed by atoms with Gasteiger partial charge in [0.1, 0.15) is 0 Å². The van der Waals surface area contributed by atoms with E-state index in [2.05, 4.69) is 30.9 Å². The van der Waals surface area contributed by atoms with Crippen molar-refractivity contribution in [3.05, 3.63) is 63.5 Å². The third-order valence-electron chi connectivity index (χ3n) is 3.68. The van der Waals surface area contributed by atoms with E-state index in [0.29, 0.717) is 6.61 Å². The predicted octanol–water partition coefficient (Wildman–Crippen LogP) is 3.45. The van der Waals surface area contributed by atoms with Crippen LogP contribution in [0.15, 0.2) is 47.8 Å². The summed E-state index contributed by atoms with van der Waals surface area (Å²) in [6.07, 6.45) is 4.25. The van der Waals surface area contributed by atoms with Crippen molar-refractivity contribution in [2.45, 2.75) is 19.8 Å². The van der Waals surface area contributed by atoms with Crippen LogP contribution in [0.4, 0.5) is 5.69 Å². The fraction of sp³-hybridized carbons (Fsp3) is 0.375. The highest BCUT2D eigenvalue weighted by Gasteiger charge is 2.19. The zero-order valence-electron chi connectivity index (χ0n) is 12.6. The van der Waals surface area contributed by atoms with E-state index in [-0.39, 0.29) is 16.5 Å². The van der Waals surface area contributed by atoms with Crippen molar-refractivity contribution in [3.63, 3.8) is 0 Å². The molecule has 1 aromatic rings. The summed E-state index contributed by atoms with van der Waals surface area (Å²) in [6, 6.07) is 6.82. The molecule has 0 atom stereocenters. The van der Waals surface area contributed by atoms with Crippen molar-refractivity contribution < 1.29 is 9.66 Å². The summed E-state index contributed by atoms with van der Waals surface area (Å²) < 4.78 is 5.12. The molecule has 1 heterocycles. The van der Waals surface area contributed by atoms with Crippen molar-refractivity contribution >= 4 is 5.69 Å². The summed E-state index contributed by atoms with van der Waals surface area (Å²) in [5, 5.41) is 10.9. The number of allylic oxidation sites excluding steroid dienone is 4. The molecule has 0 aromatic heterocycles. The number of nitrogens with zero attached hydrogens (tertiary/aromatic N) is 2. The average molecular weight is 288 g/mol. The van der Waals surface area contributed by atoms with Gasteiger partial charge in [-0.1, -0.05) is 24.3 Å². The standard InChI is InChI=1S/C16H20N2O3/c1-12-9-15(10-13(2)17(12)7-8-21-3)14-5-4-6-16(11-14)18(19)20/h4-6,9-11,15H,7-8H2,1-3H3. The van der Waals surface area contributed by atoms with Crippen LogP contribution >= 0.6 is 0 Å². The highest BCUT2D eigenvalue weighted by Crippen LogP contribution is 2.31. The summed E-state index contributed by atoms with van der Waals surface area (Å²) in [4.78, 5) is 12.7. The van der Waals surface area contributed by atoms with Crippen molar-refractivity contribution in [2.75, 3.05) is 20.3 Å². The summed E-state index contributed by atoms with van der Waals surface area (Å²) in [7, 11) is 1.69. The maximum absolute atomic E-state index is 10.9. The van der Waals surface area contributed by atoms with E-state index in [9.17, 15) is 10.1 Å². The Labute approximate surface area is 124 Å². The predicted molar refractivity (Wildman–Crippen MR) is 81.9 cm³/mol. The summed E-state index contributed by atoms with van der Waals surface area (Å²) >= 11 is 0. The second kappa shape index (κ2) is 6.54. The lowest BCUT2D eigenvalue weighted by Gasteiger charge is -2.31. The fourth-order valence-electron chi connectivity index (χ4n) is 2.60. The molecule has 2 rings (SSSR count). The molecule has 0 fully saturated rings. The minimum atomic E-state index is -0.357. The molecule has 0 radical (unpaired) electrons. The minimum absolute atomic E-state index is 0.0729. The highest BCUT2D eigenvalue weighted by molar-refractivity contribution is 5.41. The Kier molecular flexibility index (Phi) is 4.75. The van der Waals surface area contributed by atoms with E-state index < -0.39 is 0 Å². The molecule has 1 aromatic carbocycles. The van der Waals surface area contributed by atoms with Crippen LogP contribution in [0.25, 0.3) is 0 Å². The number of hydrogen-bond donors (Lipinski definition) is 0. The van der Waals surface area contributed by atoms with Gasteiger partial charge in [-0.3, -0.25) is 10.1 Å². The van der Waals surface area contributed by atoms with Gasteiger partial charge in [-0.25, -0.2) is 0 Å². The van der Waals surface area contributed by atoms with Crippen molar-refractivity contribution in [1.29, 1.82) is 0 Å². The Hall–Kier alpha value is -2.14. The maximum Gasteiger partial charge on any atom is 0.269 e. The topological polar surface area (TPSA) is 55.6 Å². The first-order chi connectivity index (χ1) is 10.0. The second-order valence-electron chi connectivity index (χ2n) is 5.14. The van der Waals surface area contributed by atoms with Gasteiger partial charge >= 0.3 is 0 Å². The second-order valence-corrected chi connectivity index (χ2v) is 5.14. The third kappa shape index (κ3) is 3.49. The Morgan fingerprint density at radius 2 is 1.95 bits per heavy atom. The lowest BCUT2D eigenvalue weighted by molar-refractivity contribution is -0.384. The molecule has 112 valence electrons. The molecule has 0 bridgehead atoms. The Balaban J connectivity index is 2.25. The van der Waals surface area contributed by atoms with Gasteiger partial charge in [0.15, 0.2) is 0 Å². The first kappa shape index (κ1) is 15.3. The van der Waals surface area contributed by atoms with Gasteiger partial charge in [-0.05, 0) is 19.4 Å². The fourth-order valence-corrected chi connectivity index (χ4v) is 2.60. The lowest BCUT2D eigenvalue weighted by Crippen LogP contribution is -2.27. The van der Waals surface area contributed by atoms with Crippen LogP contribution < -0.4 is 0 Å². The minimum Gasteiger partial charge on any atom is -0.383 e. The molecule has 0 spiro atoms. The quantitative estimate of drug-likeness (QED) is 0.615. The first-order valence-electron chi connectivity index (χ1n) is 6.90. The summed E-state index contributed by atoms with van der Waals surface area (Å²) in [5.41, 5.74) is 3.35. The molecular weight excluding hydrogens is 268 g/mol. The number of non-ortho nitro benzene ring substituents is 1. The molecule has 0 unspecified atom stereocenters. The number of ether oxygens (including phenoxy) is 1. The molecule has 21 heavy (non-hydrogen) atoms. The van der Waals surface area contributed by atoms with Crippen molar-refractivity contribution in [1.82, 2.24) is 4.90 Å². The molecule has 1 aliphatic heterocycles. The number of hydrogen-bond acceptors (Lipinski definition) is 4. The highest BCUT2D eigenvalue weighted by atomic mass is 16.6. The number of methoxy groups -OCH3 is 1. The zero-order valence-corrected chi connectivity index (χ0v) is 12.6. The molecule has 5 nitrogen and oxygen atoms in total. The molecule has 1 aliphatic rings. The Morgan fingerprint density at radius 3 is 2.52 bits per heavy atom. The molecule has 0 aliphatic carbocycles. The normalized spacial score (nSPS) is 15.7. The summed E-state index contributed by atoms with van der Waals surface area (Å²) in [5.74, 6) is 0.0729. The maximum atomic E-state index is 10.9. The molecule has 0 saturated heterocycles. The van der Waals surface area contributed by atoms with Crippen LogP contribution in [-0.4, -0.2) is 30.1 Å². The van der Waals surface area contributed by atoms with Gasteiger partial charge in [0.05, 0.1) is 11.5 Å². The van der Waals surface area contributed by atoms with Crippen LogP contribution in [0.3, 0.4) is 0 Å². The van der Waals surface area contributed by atoms with Gasteiger partial charge in [0.25, 0.3) is 5.69 Å². The van der Waals surface area contributed by atoms with Crippen molar-refractivity contribution in [2.24, 2.45) is 0 Å². The lowest BCUT2D eigenvalue weighted by atomic mass is 9.93. The SMILES string of the molecule is COCCN1C(C)=CC(c2cccc([N+](=O)[O-])c2)C=C1C. The largest absolute Gasteiger partial charge is 0.383 e. The van der Waals surface area contributed by atoms with Gasteiger partial charge in [-0.15, -0.1) is 0 Å². The van der Waals surface area contributed by atoms with Gasteiger partial charge in [0, 0.05) is 43.1 Å². The van der Waals surface area contributed by atoms with E-state index in [4.69, 9.17) is 4.74 Å². The number of nitro benzene ring substituents is 1. The van der Waals surface area contributed by atoms with E-state index >= 15 is 0 Å². The molecule has 0 N–H and O–H groups in total. The van der Waals surface area contributed by atoms with E-state index in [0.717, 1.165) is 23.5 Å². The monoisotopic (exact) mass is 288 g/mol. The first-order valence-corrected chi connectivity index (χ1v) is 6.90. The van der Waals surface area contributed by atoms with Gasteiger partial charge < -0.3 is 9.64 Å². The van der Waals surface area contributed by atoms with Crippen LogP contribution in [0.1, 0.15) is 25.3 Å². The van der Waals surface area contributed by atoms with Crippen LogP contribution in [0.2, 0.25) is 0 Å². The Bertz CT molecular complexity index is 573. The third-order valence-corrected chi connectivity index (χ3v) is 3.68. The number of rotatable bonds is 5. The van der Waals surface area contributed by atoms with Crippen molar-refractivity contribution in [3.8, 4) is 0 Å². The van der Waals surface area contributed by atoms with Crippen LogP contribution in [0, 0.1) is 10.1 Å². The van der Waals surface area contributed by atoms with E-state index in [1.54, 1.807) is 19.2 Å². The molecule has 5 heteroatoms. The van der Waals surface area contributed by atoms with Crippen LogP contribution in [0.5, 0.6) is 0 Å². The van der Waals surface area contributed by atoms with Gasteiger partial charge in [-0.2, -0.15) is 0 Å². The average Bonchev–Trinajstić information content (AvgIpc) is 2.46. The molecule has 0 saturated carbocycles. The number of nitro groups is 1. The molecular formula is C16H20N2O3. The Morgan fingerprint density at radius 1 is 1.29 bits per heavy atom. The van der Waals surface area contributed by atoms with E-state index in [1.165, 1.54) is 6.07 Å².